The first kappa shape index (κ1) is 30.2. The van der Waals surface area contributed by atoms with Crippen LogP contribution in [0.15, 0.2) is 48.5 Å². The highest BCUT2D eigenvalue weighted by atomic mass is 16.7. The normalized spacial score (nSPS) is 19.3. The molecule has 2 aliphatic heterocycles. The van der Waals surface area contributed by atoms with Gasteiger partial charge in [-0.1, -0.05) is 43.7 Å². The van der Waals surface area contributed by atoms with Gasteiger partial charge in [-0.2, -0.15) is 0 Å². The fourth-order valence-corrected chi connectivity index (χ4v) is 6.44. The number of rotatable bonds is 11. The third-order valence-electron chi connectivity index (χ3n) is 8.34. The van der Waals surface area contributed by atoms with Crippen LogP contribution in [0.25, 0.3) is 0 Å². The summed E-state index contributed by atoms with van der Waals surface area (Å²) in [6, 6.07) is 14.8. The summed E-state index contributed by atoms with van der Waals surface area (Å²) in [5.74, 6) is -0.189. The predicted octanol–water partition coefficient (Wildman–Crippen LogP) is 5.74. The topological polar surface area (TPSA) is 107 Å². The highest BCUT2D eigenvalue weighted by Crippen LogP contribution is 2.50. The summed E-state index contributed by atoms with van der Waals surface area (Å²) in [7, 11) is 1.55. The molecule has 2 heterocycles. The Morgan fingerprint density at radius 2 is 1.70 bits per heavy atom. The van der Waals surface area contributed by atoms with Crippen LogP contribution in [-0.2, 0) is 22.4 Å². The van der Waals surface area contributed by atoms with Crippen molar-refractivity contribution in [3.8, 4) is 23.0 Å². The quantitative estimate of drug-likeness (QED) is 0.292. The van der Waals surface area contributed by atoms with Gasteiger partial charge in [0.05, 0.1) is 26.2 Å². The molecule has 0 spiro atoms. The van der Waals surface area contributed by atoms with Gasteiger partial charge in [0.1, 0.15) is 5.75 Å². The van der Waals surface area contributed by atoms with Crippen LogP contribution < -0.4 is 24.3 Å². The summed E-state index contributed by atoms with van der Waals surface area (Å²) in [4.78, 5) is 28.7. The highest BCUT2D eigenvalue weighted by molar-refractivity contribution is 5.94. The Balaban J connectivity index is 1.52. The first-order chi connectivity index (χ1) is 20.8. The summed E-state index contributed by atoms with van der Waals surface area (Å²) >= 11 is 0. The SMILES string of the molecule is CCOc1ccc([C@H]2[C@H](C(=O)O)[C@@H](c3cc(OC)c4c(c3)OCO4)CN2CC(=O)Nc2c(CC)cc(C)cc2CC)cc1. The fourth-order valence-electron chi connectivity index (χ4n) is 6.44. The maximum absolute atomic E-state index is 13.7. The molecule has 3 aromatic rings. The number of anilines is 1. The number of carbonyl (C=O) groups excluding carboxylic acids is 1. The van der Waals surface area contributed by atoms with Crippen molar-refractivity contribution >= 4 is 17.6 Å². The van der Waals surface area contributed by atoms with E-state index in [4.69, 9.17) is 18.9 Å². The maximum atomic E-state index is 13.7. The zero-order valence-electron chi connectivity index (χ0n) is 25.4. The molecule has 0 unspecified atom stereocenters. The van der Waals surface area contributed by atoms with Crippen molar-refractivity contribution in [2.45, 2.75) is 52.5 Å². The number of carboxylic acid groups (broad SMARTS) is 1. The third kappa shape index (κ3) is 6.13. The molecule has 1 saturated heterocycles. The molecule has 2 aliphatic rings. The van der Waals surface area contributed by atoms with Gasteiger partial charge in [-0.05, 0) is 73.2 Å². The lowest BCUT2D eigenvalue weighted by Crippen LogP contribution is -2.35. The molecule has 0 aliphatic carbocycles. The van der Waals surface area contributed by atoms with Crippen LogP contribution in [0.4, 0.5) is 5.69 Å². The second-order valence-electron chi connectivity index (χ2n) is 11.0. The van der Waals surface area contributed by atoms with Crippen molar-refractivity contribution in [3.63, 3.8) is 0 Å². The average molecular weight is 589 g/mol. The van der Waals surface area contributed by atoms with Crippen LogP contribution in [0.2, 0.25) is 0 Å². The van der Waals surface area contributed by atoms with Gasteiger partial charge in [0.25, 0.3) is 0 Å². The van der Waals surface area contributed by atoms with E-state index < -0.39 is 23.8 Å². The van der Waals surface area contributed by atoms with Gasteiger partial charge in [0, 0.05) is 24.2 Å². The Kier molecular flexibility index (Phi) is 9.11. The molecule has 0 saturated carbocycles. The Hall–Kier alpha value is -4.24. The molecule has 3 atom stereocenters. The van der Waals surface area contributed by atoms with E-state index in [9.17, 15) is 14.7 Å². The number of likely N-dealkylation sites (tertiary alicyclic amines) is 1. The number of carbonyl (C=O) groups is 2. The molecule has 228 valence electrons. The summed E-state index contributed by atoms with van der Waals surface area (Å²) in [6.45, 7) is 9.11. The van der Waals surface area contributed by atoms with Crippen molar-refractivity contribution in [1.29, 1.82) is 0 Å². The number of amides is 1. The van der Waals surface area contributed by atoms with Crippen LogP contribution in [-0.4, -0.2) is 55.5 Å². The van der Waals surface area contributed by atoms with E-state index in [0.29, 0.717) is 36.1 Å². The molecule has 1 amide bonds. The molecule has 0 bridgehead atoms. The van der Waals surface area contributed by atoms with Gasteiger partial charge in [0.2, 0.25) is 18.4 Å². The highest BCUT2D eigenvalue weighted by Gasteiger charge is 2.48. The van der Waals surface area contributed by atoms with Gasteiger partial charge in [-0.25, -0.2) is 0 Å². The number of hydrogen-bond acceptors (Lipinski definition) is 7. The van der Waals surface area contributed by atoms with Gasteiger partial charge >= 0.3 is 5.97 Å². The number of methoxy groups -OCH3 is 1. The number of nitrogens with one attached hydrogen (secondary N) is 1. The lowest BCUT2D eigenvalue weighted by Gasteiger charge is -2.27. The lowest BCUT2D eigenvalue weighted by molar-refractivity contribution is -0.143. The Bertz CT molecular complexity index is 1460. The van der Waals surface area contributed by atoms with Crippen molar-refractivity contribution < 1.29 is 33.6 Å². The summed E-state index contributed by atoms with van der Waals surface area (Å²) in [5, 5.41) is 13.8. The predicted molar refractivity (Wildman–Crippen MR) is 163 cm³/mol. The van der Waals surface area contributed by atoms with Crippen LogP contribution in [0.5, 0.6) is 23.0 Å². The average Bonchev–Trinajstić information content (AvgIpc) is 3.63. The molecule has 3 aromatic carbocycles. The van der Waals surface area contributed by atoms with Crippen molar-refractivity contribution in [2.24, 2.45) is 5.92 Å². The number of ether oxygens (including phenoxy) is 4. The van der Waals surface area contributed by atoms with E-state index >= 15 is 0 Å². The van der Waals surface area contributed by atoms with Gasteiger partial charge in [-0.3, -0.25) is 14.5 Å². The molecule has 5 rings (SSSR count). The maximum Gasteiger partial charge on any atom is 0.309 e. The number of aliphatic carboxylic acids is 1. The van der Waals surface area contributed by atoms with E-state index in [0.717, 1.165) is 46.3 Å². The molecule has 9 nitrogen and oxygen atoms in total. The smallest absolute Gasteiger partial charge is 0.309 e. The zero-order chi connectivity index (χ0) is 30.7. The summed E-state index contributed by atoms with van der Waals surface area (Å²) in [6.07, 6.45) is 1.58. The number of nitrogens with zero attached hydrogens (tertiary/aromatic N) is 1. The Morgan fingerprint density at radius 3 is 2.30 bits per heavy atom. The first-order valence-electron chi connectivity index (χ1n) is 14.9. The number of aryl methyl sites for hydroxylation is 3. The molecular formula is C34H40N2O7. The summed E-state index contributed by atoms with van der Waals surface area (Å²) < 4.78 is 22.4. The number of fused-ring (bicyclic) bond motifs is 1. The van der Waals surface area contributed by atoms with Crippen molar-refractivity contribution in [1.82, 2.24) is 4.90 Å². The largest absolute Gasteiger partial charge is 0.494 e. The molecular weight excluding hydrogens is 548 g/mol. The third-order valence-corrected chi connectivity index (χ3v) is 8.34. The van der Waals surface area contributed by atoms with Crippen LogP contribution in [0.1, 0.15) is 60.5 Å². The van der Waals surface area contributed by atoms with Crippen molar-refractivity contribution in [2.75, 3.05) is 38.9 Å². The molecule has 1 fully saturated rings. The molecule has 9 heteroatoms. The lowest BCUT2D eigenvalue weighted by atomic mass is 9.82. The van der Waals surface area contributed by atoms with Crippen LogP contribution >= 0.6 is 0 Å². The second kappa shape index (κ2) is 13.0. The molecule has 2 N–H and O–H groups in total. The number of benzene rings is 3. The minimum Gasteiger partial charge on any atom is -0.494 e. The monoisotopic (exact) mass is 588 g/mol. The molecule has 43 heavy (non-hydrogen) atoms. The minimum atomic E-state index is -0.941. The van der Waals surface area contributed by atoms with Crippen molar-refractivity contribution in [3.05, 3.63) is 76.3 Å². The van der Waals surface area contributed by atoms with Gasteiger partial charge < -0.3 is 29.4 Å². The number of carboxylic acids is 1. The summed E-state index contributed by atoms with van der Waals surface area (Å²) in [5.41, 5.74) is 5.74. The van der Waals surface area contributed by atoms with Crippen LogP contribution in [0.3, 0.4) is 0 Å². The van der Waals surface area contributed by atoms with E-state index in [1.807, 2.05) is 48.2 Å². The van der Waals surface area contributed by atoms with Gasteiger partial charge in [-0.15, -0.1) is 0 Å². The molecule has 0 radical (unpaired) electrons. The standard InChI is InChI=1S/C34H40N2O7/c1-6-21-13-20(4)14-22(7-2)31(21)35-29(37)18-36-17-26(24-15-27(40-5)33-28(16-24)42-19-43-33)30(34(38)39)32(36)23-9-11-25(12-10-23)41-8-3/h9-16,26,30,32H,6-8,17-19H2,1-5H3,(H,35,37)(H,38,39)/t26-,30-,32+/m1/s1. The Morgan fingerprint density at radius 1 is 1.00 bits per heavy atom. The zero-order valence-corrected chi connectivity index (χ0v) is 25.4. The van der Waals surface area contributed by atoms with Gasteiger partial charge in [0.15, 0.2) is 11.5 Å². The van der Waals surface area contributed by atoms with E-state index in [2.05, 4.69) is 38.2 Å². The first-order valence-corrected chi connectivity index (χ1v) is 14.9. The second-order valence-corrected chi connectivity index (χ2v) is 11.0. The molecule has 0 aromatic heterocycles. The number of hydrogen-bond donors (Lipinski definition) is 2. The minimum absolute atomic E-state index is 0.0278. The van der Waals surface area contributed by atoms with Crippen LogP contribution in [0, 0.1) is 12.8 Å². The van der Waals surface area contributed by atoms with E-state index in [1.54, 1.807) is 7.11 Å². The van der Waals surface area contributed by atoms with E-state index in [-0.39, 0.29) is 19.2 Å². The van der Waals surface area contributed by atoms with E-state index in [1.165, 1.54) is 0 Å². The Labute approximate surface area is 252 Å². The fraction of sp³-hybridized carbons (Fsp3) is 0.412.